The Morgan fingerprint density at radius 1 is 1.30 bits per heavy atom. The van der Waals surface area contributed by atoms with Crippen LogP contribution in [0.2, 0.25) is 0 Å². The Labute approximate surface area is 119 Å². The molecule has 0 aromatic heterocycles. The average Bonchev–Trinajstić information content (AvgIpc) is 2.37. The second kappa shape index (κ2) is 8.20. The summed E-state index contributed by atoms with van der Waals surface area (Å²) >= 11 is 0. The summed E-state index contributed by atoms with van der Waals surface area (Å²) < 4.78 is 38.1. The predicted molar refractivity (Wildman–Crippen MR) is 73.3 cm³/mol. The first-order valence-electron chi connectivity index (χ1n) is 7.53. The molecule has 1 fully saturated rings. The fraction of sp³-hybridized carbons (Fsp3) is 1.00. The third kappa shape index (κ3) is 5.58. The average molecular weight is 296 g/mol. The van der Waals surface area contributed by atoms with Crippen molar-refractivity contribution < 1.29 is 18.3 Å². The predicted octanol–water partition coefficient (Wildman–Crippen LogP) is 2.39. The van der Waals surface area contributed by atoms with E-state index in [1.54, 1.807) is 0 Å². The highest BCUT2D eigenvalue weighted by Crippen LogP contribution is 2.35. The van der Waals surface area contributed by atoms with Crippen molar-refractivity contribution in [2.24, 2.45) is 17.6 Å². The first-order valence-corrected chi connectivity index (χ1v) is 7.53. The zero-order valence-electron chi connectivity index (χ0n) is 12.2. The monoisotopic (exact) mass is 296 g/mol. The summed E-state index contributed by atoms with van der Waals surface area (Å²) in [6.45, 7) is 1.39. The van der Waals surface area contributed by atoms with Gasteiger partial charge in [0.05, 0.1) is 13.2 Å². The summed E-state index contributed by atoms with van der Waals surface area (Å²) in [4.78, 5) is 1.39. The Balaban J connectivity index is 2.76. The van der Waals surface area contributed by atoms with E-state index in [4.69, 9.17) is 10.8 Å². The van der Waals surface area contributed by atoms with E-state index < -0.39 is 12.7 Å². The highest BCUT2D eigenvalue weighted by atomic mass is 19.4. The largest absolute Gasteiger partial charge is 0.401 e. The molecule has 1 rings (SSSR count). The van der Waals surface area contributed by atoms with E-state index in [1.807, 2.05) is 0 Å². The number of nitrogens with two attached hydrogens (primary N) is 1. The summed E-state index contributed by atoms with van der Waals surface area (Å²) in [5.41, 5.74) is 5.74. The molecule has 6 heteroatoms. The molecule has 0 bridgehead atoms. The van der Waals surface area contributed by atoms with Crippen molar-refractivity contribution in [3.05, 3.63) is 0 Å². The van der Waals surface area contributed by atoms with Gasteiger partial charge in [-0.2, -0.15) is 13.2 Å². The van der Waals surface area contributed by atoms with E-state index >= 15 is 0 Å². The molecular formula is C14H27F3N2O. The third-order valence-corrected chi connectivity index (χ3v) is 4.30. The van der Waals surface area contributed by atoms with Crippen molar-refractivity contribution >= 4 is 0 Å². The SMILES string of the molecule is CCCC1CCC(CN)C(N(CCO)CC(F)(F)F)C1. The molecule has 0 aromatic carbocycles. The van der Waals surface area contributed by atoms with Crippen LogP contribution < -0.4 is 5.73 Å². The smallest absolute Gasteiger partial charge is 0.395 e. The molecule has 0 aromatic rings. The summed E-state index contributed by atoms with van der Waals surface area (Å²) in [5.74, 6) is 0.597. The van der Waals surface area contributed by atoms with Gasteiger partial charge >= 0.3 is 6.18 Å². The molecule has 1 aliphatic carbocycles. The lowest BCUT2D eigenvalue weighted by atomic mass is 9.76. The van der Waals surface area contributed by atoms with E-state index in [0.29, 0.717) is 12.5 Å². The van der Waals surface area contributed by atoms with Gasteiger partial charge in [-0.3, -0.25) is 4.90 Å². The van der Waals surface area contributed by atoms with Gasteiger partial charge in [-0.1, -0.05) is 26.2 Å². The maximum absolute atomic E-state index is 12.7. The van der Waals surface area contributed by atoms with Gasteiger partial charge in [-0.25, -0.2) is 0 Å². The standard InChI is InChI=1S/C14H27F3N2O/c1-2-3-11-4-5-12(9-18)13(8-11)19(6-7-20)10-14(15,16)17/h11-13,20H,2-10,18H2,1H3. The molecule has 0 spiro atoms. The van der Waals surface area contributed by atoms with E-state index in [9.17, 15) is 13.2 Å². The molecule has 0 aliphatic heterocycles. The number of alkyl halides is 3. The van der Waals surface area contributed by atoms with Crippen molar-refractivity contribution in [2.75, 3.05) is 26.2 Å². The van der Waals surface area contributed by atoms with E-state index in [1.165, 1.54) is 4.90 Å². The van der Waals surface area contributed by atoms with E-state index in [-0.39, 0.29) is 25.1 Å². The van der Waals surface area contributed by atoms with Gasteiger partial charge in [0.1, 0.15) is 0 Å². The number of nitrogens with zero attached hydrogens (tertiary/aromatic N) is 1. The Kier molecular flexibility index (Phi) is 7.26. The van der Waals surface area contributed by atoms with E-state index in [0.717, 1.165) is 32.1 Å². The van der Waals surface area contributed by atoms with Crippen LogP contribution in [-0.2, 0) is 0 Å². The lowest BCUT2D eigenvalue weighted by Gasteiger charge is -2.42. The van der Waals surface area contributed by atoms with Crippen molar-refractivity contribution in [1.29, 1.82) is 0 Å². The summed E-state index contributed by atoms with van der Waals surface area (Å²) in [7, 11) is 0. The van der Waals surface area contributed by atoms with Crippen LogP contribution in [0.25, 0.3) is 0 Å². The zero-order valence-corrected chi connectivity index (χ0v) is 12.2. The molecule has 0 heterocycles. The van der Waals surface area contributed by atoms with Crippen molar-refractivity contribution in [2.45, 2.75) is 51.2 Å². The normalized spacial score (nSPS) is 28.1. The number of hydrogen-bond donors (Lipinski definition) is 2. The number of hydrogen-bond acceptors (Lipinski definition) is 3. The molecule has 0 radical (unpaired) electrons. The minimum absolute atomic E-state index is 0.0690. The molecule has 20 heavy (non-hydrogen) atoms. The number of aliphatic hydroxyl groups is 1. The summed E-state index contributed by atoms with van der Waals surface area (Å²) in [6, 6.07) is -0.154. The molecule has 3 N–H and O–H groups in total. The van der Waals surface area contributed by atoms with Crippen LogP contribution in [0.15, 0.2) is 0 Å². The van der Waals surface area contributed by atoms with Crippen molar-refractivity contribution in [1.82, 2.24) is 4.90 Å². The van der Waals surface area contributed by atoms with Crippen molar-refractivity contribution in [3.63, 3.8) is 0 Å². The summed E-state index contributed by atoms with van der Waals surface area (Å²) in [6.07, 6.45) is 0.616. The first-order chi connectivity index (χ1) is 9.41. The molecule has 0 amide bonds. The maximum Gasteiger partial charge on any atom is 0.401 e. The number of halogens is 3. The number of aliphatic hydroxyl groups excluding tert-OH is 1. The minimum Gasteiger partial charge on any atom is -0.395 e. The molecule has 1 aliphatic rings. The van der Waals surface area contributed by atoms with Gasteiger partial charge < -0.3 is 10.8 Å². The van der Waals surface area contributed by atoms with Crippen LogP contribution in [0.3, 0.4) is 0 Å². The third-order valence-electron chi connectivity index (χ3n) is 4.30. The van der Waals surface area contributed by atoms with Gasteiger partial charge in [0, 0.05) is 12.6 Å². The Morgan fingerprint density at radius 2 is 2.00 bits per heavy atom. The van der Waals surface area contributed by atoms with Gasteiger partial charge in [-0.05, 0) is 31.2 Å². The fourth-order valence-corrected chi connectivity index (χ4v) is 3.41. The Morgan fingerprint density at radius 3 is 2.50 bits per heavy atom. The topological polar surface area (TPSA) is 49.5 Å². The van der Waals surface area contributed by atoms with Crippen LogP contribution in [0.5, 0.6) is 0 Å². The second-order valence-electron chi connectivity index (χ2n) is 5.84. The summed E-state index contributed by atoms with van der Waals surface area (Å²) in [5, 5.41) is 9.05. The molecule has 3 atom stereocenters. The highest BCUT2D eigenvalue weighted by molar-refractivity contribution is 4.88. The van der Waals surface area contributed by atoms with Gasteiger partial charge in [0.25, 0.3) is 0 Å². The van der Waals surface area contributed by atoms with Crippen LogP contribution in [0.4, 0.5) is 13.2 Å². The fourth-order valence-electron chi connectivity index (χ4n) is 3.41. The highest BCUT2D eigenvalue weighted by Gasteiger charge is 2.38. The molecule has 3 unspecified atom stereocenters. The quantitative estimate of drug-likeness (QED) is 0.758. The second-order valence-corrected chi connectivity index (χ2v) is 5.84. The van der Waals surface area contributed by atoms with Crippen LogP contribution in [-0.4, -0.2) is 48.5 Å². The molecule has 120 valence electrons. The minimum atomic E-state index is -4.23. The molecular weight excluding hydrogens is 269 g/mol. The maximum atomic E-state index is 12.7. The van der Waals surface area contributed by atoms with Crippen LogP contribution in [0.1, 0.15) is 39.0 Å². The van der Waals surface area contributed by atoms with Crippen molar-refractivity contribution in [3.8, 4) is 0 Å². The zero-order chi connectivity index (χ0) is 15.2. The molecule has 3 nitrogen and oxygen atoms in total. The lowest BCUT2D eigenvalue weighted by molar-refractivity contribution is -0.156. The van der Waals surface area contributed by atoms with Gasteiger partial charge in [0.2, 0.25) is 0 Å². The number of rotatable bonds is 7. The van der Waals surface area contributed by atoms with E-state index in [2.05, 4.69) is 6.92 Å². The Hall–Kier alpha value is -0.330. The first kappa shape index (κ1) is 17.7. The molecule has 1 saturated carbocycles. The van der Waals surface area contributed by atoms with Crippen LogP contribution >= 0.6 is 0 Å². The molecule has 0 saturated heterocycles. The lowest BCUT2D eigenvalue weighted by Crippen LogP contribution is -2.51. The van der Waals surface area contributed by atoms with Gasteiger partial charge in [0.15, 0.2) is 0 Å². The van der Waals surface area contributed by atoms with Gasteiger partial charge in [-0.15, -0.1) is 0 Å². The Bertz CT molecular complexity index is 274. The van der Waals surface area contributed by atoms with Crippen LogP contribution in [0, 0.1) is 11.8 Å².